The lowest BCUT2D eigenvalue weighted by atomic mass is 9.65. The molecule has 6 heteroatoms. The zero-order valence-electron chi connectivity index (χ0n) is 16.8. The van der Waals surface area contributed by atoms with Gasteiger partial charge in [0, 0.05) is 14.2 Å². The van der Waals surface area contributed by atoms with Crippen molar-refractivity contribution in [1.82, 2.24) is 0 Å². The second-order valence-corrected chi connectivity index (χ2v) is 7.51. The van der Waals surface area contributed by atoms with Gasteiger partial charge in [0.2, 0.25) is 5.79 Å². The Balaban J connectivity index is 2.25. The van der Waals surface area contributed by atoms with Crippen LogP contribution in [-0.2, 0) is 23.7 Å². The first-order valence-electron chi connectivity index (χ1n) is 8.78. The van der Waals surface area contributed by atoms with E-state index in [9.17, 15) is 4.79 Å². The summed E-state index contributed by atoms with van der Waals surface area (Å²) >= 11 is 0. The van der Waals surface area contributed by atoms with E-state index in [1.54, 1.807) is 0 Å². The second kappa shape index (κ2) is 5.94. The first-order chi connectivity index (χ1) is 12.1. The quantitative estimate of drug-likeness (QED) is 0.454. The van der Waals surface area contributed by atoms with Crippen molar-refractivity contribution in [2.24, 2.45) is 5.92 Å². The number of carbonyl (C=O) groups excluding carboxylic acids is 1. The highest BCUT2D eigenvalue weighted by atomic mass is 16.7. The minimum absolute atomic E-state index is 0.246. The molecule has 3 heterocycles. The summed E-state index contributed by atoms with van der Waals surface area (Å²) in [5, 5.41) is 0. The maximum absolute atomic E-state index is 12.7. The number of hydrogen-bond donors (Lipinski definition) is 0. The van der Waals surface area contributed by atoms with Gasteiger partial charge in [-0.1, -0.05) is 6.92 Å². The van der Waals surface area contributed by atoms with Crippen LogP contribution in [0, 0.1) is 19.8 Å². The van der Waals surface area contributed by atoms with Crippen LogP contribution >= 0.6 is 0 Å². The molecular weight excluding hydrogens is 336 g/mol. The Hall–Kier alpha value is -1.63. The van der Waals surface area contributed by atoms with Gasteiger partial charge in [0.05, 0.1) is 13.0 Å². The predicted molar refractivity (Wildman–Crippen MR) is 94.8 cm³/mol. The van der Waals surface area contributed by atoms with Crippen LogP contribution in [0.1, 0.15) is 43.8 Å². The number of rotatable bonds is 5. The molecule has 26 heavy (non-hydrogen) atoms. The van der Waals surface area contributed by atoms with Gasteiger partial charge in [-0.05, 0) is 51.0 Å². The lowest BCUT2D eigenvalue weighted by Gasteiger charge is -2.47. The van der Waals surface area contributed by atoms with Crippen LogP contribution in [0.4, 0.5) is 0 Å². The first kappa shape index (κ1) is 19.1. The van der Waals surface area contributed by atoms with Crippen molar-refractivity contribution in [2.75, 3.05) is 21.3 Å². The van der Waals surface area contributed by atoms with Crippen molar-refractivity contribution < 1.29 is 28.2 Å². The SMILES string of the molecule is COC(=O)[C@@H]1C(OC)(OC)[C@@]2([C@@H](C)c3oc(C)cc3C)O[C@]1(C)C=C2C. The molecule has 0 aromatic carbocycles. The molecule has 2 aliphatic rings. The van der Waals surface area contributed by atoms with Gasteiger partial charge >= 0.3 is 5.97 Å². The van der Waals surface area contributed by atoms with Crippen LogP contribution in [0.5, 0.6) is 0 Å². The topological polar surface area (TPSA) is 67.1 Å². The Morgan fingerprint density at radius 2 is 1.81 bits per heavy atom. The molecule has 6 nitrogen and oxygen atoms in total. The number of carbonyl (C=O) groups is 1. The summed E-state index contributed by atoms with van der Waals surface area (Å²) in [5.41, 5.74) is 0.0633. The van der Waals surface area contributed by atoms with Crippen molar-refractivity contribution in [1.29, 1.82) is 0 Å². The van der Waals surface area contributed by atoms with Gasteiger partial charge in [-0.2, -0.15) is 0 Å². The summed E-state index contributed by atoms with van der Waals surface area (Å²) in [5.74, 6) is -1.16. The lowest BCUT2D eigenvalue weighted by Crippen LogP contribution is -2.63. The van der Waals surface area contributed by atoms with Gasteiger partial charge in [-0.3, -0.25) is 4.79 Å². The van der Waals surface area contributed by atoms with Gasteiger partial charge in [0.15, 0.2) is 5.60 Å². The second-order valence-electron chi connectivity index (χ2n) is 7.51. The molecule has 0 amide bonds. The lowest BCUT2D eigenvalue weighted by molar-refractivity contribution is -0.282. The van der Waals surface area contributed by atoms with Gasteiger partial charge < -0.3 is 23.4 Å². The van der Waals surface area contributed by atoms with Crippen LogP contribution in [0.15, 0.2) is 22.1 Å². The Labute approximate surface area is 154 Å². The third-order valence-corrected chi connectivity index (χ3v) is 6.07. The summed E-state index contributed by atoms with van der Waals surface area (Å²) in [7, 11) is 4.43. The van der Waals surface area contributed by atoms with E-state index in [0.717, 1.165) is 22.7 Å². The van der Waals surface area contributed by atoms with E-state index >= 15 is 0 Å². The molecule has 0 aliphatic carbocycles. The molecule has 0 unspecified atom stereocenters. The number of fused-ring (bicyclic) bond motifs is 2. The maximum atomic E-state index is 12.7. The largest absolute Gasteiger partial charge is 0.469 e. The molecule has 1 saturated heterocycles. The van der Waals surface area contributed by atoms with Gasteiger partial charge in [-0.15, -0.1) is 0 Å². The summed E-state index contributed by atoms with van der Waals surface area (Å²) in [6, 6.07) is 1.99. The van der Waals surface area contributed by atoms with E-state index in [4.69, 9.17) is 23.4 Å². The van der Waals surface area contributed by atoms with E-state index in [0.29, 0.717) is 0 Å². The zero-order chi connectivity index (χ0) is 19.5. The van der Waals surface area contributed by atoms with E-state index in [1.165, 1.54) is 21.3 Å². The molecule has 1 aromatic heterocycles. The van der Waals surface area contributed by atoms with E-state index in [-0.39, 0.29) is 5.92 Å². The standard InChI is InChI=1S/C20H28O6/c1-11-9-13(3)25-15(11)14(4)19-12(2)10-18(5,26-19)16(17(21)22-6)20(19,23-7)24-8/h9-10,14,16H,1-8H3/t14-,16-,18+,19+/m0/s1. The molecule has 0 radical (unpaired) electrons. The number of methoxy groups -OCH3 is 3. The molecular formula is C20H28O6. The molecule has 1 fully saturated rings. The van der Waals surface area contributed by atoms with Crippen molar-refractivity contribution in [3.05, 3.63) is 34.8 Å². The molecule has 2 aliphatic heterocycles. The molecule has 0 saturated carbocycles. The van der Waals surface area contributed by atoms with Crippen LogP contribution < -0.4 is 0 Å². The fourth-order valence-electron chi connectivity index (χ4n) is 5.21. The Morgan fingerprint density at radius 3 is 2.27 bits per heavy atom. The van der Waals surface area contributed by atoms with E-state index in [1.807, 2.05) is 46.8 Å². The third kappa shape index (κ3) is 2.06. The third-order valence-electron chi connectivity index (χ3n) is 6.07. The number of hydrogen-bond acceptors (Lipinski definition) is 6. The molecule has 1 aromatic rings. The molecule has 2 bridgehead atoms. The van der Waals surface area contributed by atoms with Crippen LogP contribution in [-0.4, -0.2) is 44.3 Å². The zero-order valence-corrected chi connectivity index (χ0v) is 16.8. The monoisotopic (exact) mass is 364 g/mol. The van der Waals surface area contributed by atoms with Crippen molar-refractivity contribution >= 4 is 5.97 Å². The van der Waals surface area contributed by atoms with Crippen molar-refractivity contribution in [2.45, 2.75) is 57.5 Å². The number of ether oxygens (including phenoxy) is 4. The Kier molecular flexibility index (Phi) is 4.37. The van der Waals surface area contributed by atoms with Crippen LogP contribution in [0.2, 0.25) is 0 Å². The van der Waals surface area contributed by atoms with Gasteiger partial charge in [0.25, 0.3) is 0 Å². The fourth-order valence-corrected chi connectivity index (χ4v) is 5.21. The number of esters is 1. The summed E-state index contributed by atoms with van der Waals surface area (Å²) < 4.78 is 29.5. The average Bonchev–Trinajstić information content (AvgIpc) is 3.15. The Morgan fingerprint density at radius 1 is 1.19 bits per heavy atom. The van der Waals surface area contributed by atoms with Crippen molar-refractivity contribution in [3.63, 3.8) is 0 Å². The number of aryl methyl sites for hydroxylation is 2. The Bertz CT molecular complexity index is 758. The molecule has 3 rings (SSSR count). The van der Waals surface area contributed by atoms with E-state index in [2.05, 4.69) is 0 Å². The molecule has 4 atom stereocenters. The highest BCUT2D eigenvalue weighted by Crippen LogP contribution is 2.65. The van der Waals surface area contributed by atoms with Crippen molar-refractivity contribution in [3.8, 4) is 0 Å². The average molecular weight is 364 g/mol. The summed E-state index contributed by atoms with van der Waals surface area (Å²) in [6.07, 6.45) is 1.98. The molecule has 0 N–H and O–H groups in total. The number of furan rings is 1. The smallest absolute Gasteiger partial charge is 0.317 e. The normalized spacial score (nSPS) is 33.2. The summed E-state index contributed by atoms with van der Waals surface area (Å²) in [4.78, 5) is 12.7. The minimum atomic E-state index is -1.33. The molecule has 0 spiro atoms. The first-order valence-corrected chi connectivity index (χ1v) is 8.78. The van der Waals surface area contributed by atoms with E-state index < -0.39 is 28.9 Å². The van der Waals surface area contributed by atoms with Gasteiger partial charge in [-0.25, -0.2) is 0 Å². The highest BCUT2D eigenvalue weighted by molar-refractivity contribution is 5.78. The van der Waals surface area contributed by atoms with Gasteiger partial charge in [0.1, 0.15) is 23.0 Å². The highest BCUT2D eigenvalue weighted by Gasteiger charge is 2.79. The fraction of sp³-hybridized carbons (Fsp3) is 0.650. The summed E-state index contributed by atoms with van der Waals surface area (Å²) in [6.45, 7) is 9.77. The predicted octanol–water partition coefficient (Wildman–Crippen LogP) is 3.27. The maximum Gasteiger partial charge on any atom is 0.317 e. The molecule has 144 valence electrons. The minimum Gasteiger partial charge on any atom is -0.469 e. The van der Waals surface area contributed by atoms with Crippen LogP contribution in [0.25, 0.3) is 0 Å². The van der Waals surface area contributed by atoms with Crippen LogP contribution in [0.3, 0.4) is 0 Å².